The minimum atomic E-state index is 0.870. The fourth-order valence-corrected chi connectivity index (χ4v) is 17.5. The molecule has 20 heteroatoms. The number of aromatic nitrogens is 18. The molecule has 0 N–H and O–H groups in total. The second-order valence-electron chi connectivity index (χ2n) is 26.5. The molecule has 0 atom stereocenters. The number of pyridine rings is 4. The van der Waals surface area contributed by atoms with Gasteiger partial charge in [0.15, 0.2) is 44.6 Å². The monoisotopic (exact) mass is 1340 g/mol. The Morgan fingerprint density at radius 2 is 0.902 bits per heavy atom. The van der Waals surface area contributed by atoms with Crippen molar-refractivity contribution in [3.05, 3.63) is 309 Å². The summed E-state index contributed by atoms with van der Waals surface area (Å²) in [6, 6.07) is 61.7. The van der Waals surface area contributed by atoms with Gasteiger partial charge in [-0.3, -0.25) is 24.9 Å². The Morgan fingerprint density at radius 3 is 1.61 bits per heavy atom. The number of aryl methyl sites for hydroxylation is 1. The topological polar surface area (TPSA) is 136 Å². The van der Waals surface area contributed by atoms with Gasteiger partial charge < -0.3 is 4.42 Å². The molecular formula is C82H59N18OS+5. The quantitative estimate of drug-likeness (QED) is 0.150. The molecule has 0 spiro atoms. The van der Waals surface area contributed by atoms with Crippen molar-refractivity contribution in [3.8, 4) is 62.0 Å². The summed E-state index contributed by atoms with van der Waals surface area (Å²) in [6.45, 7) is 4.63. The van der Waals surface area contributed by atoms with Crippen LogP contribution in [0.5, 0.6) is 0 Å². The SMILES string of the molecule is C[n+]1c2ccncc2n2cc3n(c21)Cc1ccccc1-3.c1ccc(-n2c3ccncc3[n+]3cc4n(c23)Cc2ccccc2-4)cc1.c1ccc2c(c1)Cn1c-2c[n+]2c3cnccc3oc12.c1ccc2c(c1)Cn1c-2c[n+]2c3cnccc3sc12.c1ccc2c(c1)Cn1c-2c[n+]2cc3cnccn3c12. The molecule has 0 aliphatic carbocycles. The molecule has 0 radical (unpaired) electrons. The molecule has 5 aliphatic rings. The lowest BCUT2D eigenvalue weighted by atomic mass is 10.1. The van der Waals surface area contributed by atoms with Crippen molar-refractivity contribution in [2.75, 3.05) is 0 Å². The molecule has 0 unspecified atom stereocenters. The van der Waals surface area contributed by atoms with Gasteiger partial charge in [-0.25, -0.2) is 27.2 Å². The molecule has 26 rings (SSSR count). The van der Waals surface area contributed by atoms with Crippen LogP contribution in [0.1, 0.15) is 27.8 Å². The molecular weight excluding hydrogens is 1290 g/mol. The maximum atomic E-state index is 5.95. The minimum absolute atomic E-state index is 0.870. The lowest BCUT2D eigenvalue weighted by Crippen LogP contribution is -2.29. The van der Waals surface area contributed by atoms with E-state index in [1.54, 1.807) is 6.20 Å². The zero-order valence-corrected chi connectivity index (χ0v) is 55.8. The van der Waals surface area contributed by atoms with Gasteiger partial charge in [-0.15, -0.1) is 0 Å². The average Bonchev–Trinajstić information content (AvgIpc) is 1.66. The third-order valence-corrected chi connectivity index (χ3v) is 22.2. The number of hydrogen-bond acceptors (Lipinski definition) is 7. The standard InChI is InChI=1S/C21H15N4.C16H13N4.C15H11N4.C15H10N3O.C15H10N3S/c1-2-7-16(8-3-1)25-18-10-11-22-12-19(18)24-14-20-17-9-5-4-6-15(17)13-23(20)21(24)25;1-18-13-6-7-17-8-14(13)20-10-15-12-5-3-2-4-11(12)9-19(15)16(18)20;1-2-4-13-11(3-1)8-19-14(13)10-17-9-12-7-16-5-6-18(12)15(17)19;2*1-2-4-11-10(3-1)8-17-13(11)9-18-12-7-16-6-5-14(12)19-15(17)18/h1-12,14H,13H2;2-8,10H,9H2,1H3;1-7,9-10H,8H2;2*1-7,9H,8H2/q5*+1. The molecule has 5 aliphatic heterocycles. The van der Waals surface area contributed by atoms with E-state index in [-0.39, 0.29) is 0 Å². The van der Waals surface area contributed by atoms with Crippen molar-refractivity contribution < 1.29 is 26.6 Å². The zero-order chi connectivity index (χ0) is 66.8. The number of fused-ring (bicyclic) bond motifs is 35. The Labute approximate surface area is 583 Å². The van der Waals surface area contributed by atoms with E-state index >= 15 is 0 Å². The van der Waals surface area contributed by atoms with Crippen LogP contribution in [0.4, 0.5) is 0 Å². The van der Waals surface area contributed by atoms with Gasteiger partial charge in [0.25, 0.3) is 0 Å². The smallest absolute Gasteiger partial charge is 0.387 e. The molecule has 0 amide bonds. The maximum Gasteiger partial charge on any atom is 0.468 e. The van der Waals surface area contributed by atoms with Gasteiger partial charge in [-0.05, 0) is 58.4 Å². The largest absolute Gasteiger partial charge is 0.468 e. The van der Waals surface area contributed by atoms with Crippen LogP contribution in [0, 0.1) is 0 Å². The van der Waals surface area contributed by atoms with E-state index in [1.807, 2.05) is 79.4 Å². The molecule has 21 aromatic rings. The summed E-state index contributed by atoms with van der Waals surface area (Å²) >= 11 is 1.83. The van der Waals surface area contributed by atoms with Gasteiger partial charge in [0.1, 0.15) is 84.1 Å². The first-order valence-corrected chi connectivity index (χ1v) is 34.9. The van der Waals surface area contributed by atoms with E-state index in [0.717, 1.165) is 71.9 Å². The van der Waals surface area contributed by atoms with Crippen molar-refractivity contribution in [2.45, 2.75) is 32.7 Å². The fraction of sp³-hybridized carbons (Fsp3) is 0.0732. The second-order valence-corrected chi connectivity index (χ2v) is 27.5. The summed E-state index contributed by atoms with van der Waals surface area (Å²) in [4.78, 5) is 22.5. The Kier molecular flexibility index (Phi) is 12.1. The van der Waals surface area contributed by atoms with Crippen molar-refractivity contribution in [2.24, 2.45) is 7.05 Å². The first-order valence-electron chi connectivity index (χ1n) is 34.1. The van der Waals surface area contributed by atoms with E-state index in [2.05, 4.69) is 297 Å². The molecule has 20 heterocycles. The molecule has 0 bridgehead atoms. The minimum Gasteiger partial charge on any atom is -0.387 e. The molecule has 6 aromatic carbocycles. The predicted molar refractivity (Wildman–Crippen MR) is 389 cm³/mol. The summed E-state index contributed by atoms with van der Waals surface area (Å²) in [5.41, 5.74) is 30.0. The van der Waals surface area contributed by atoms with Gasteiger partial charge in [0.05, 0.1) is 74.8 Å². The second kappa shape index (κ2) is 21.8. The molecule has 19 nitrogen and oxygen atoms in total. The zero-order valence-electron chi connectivity index (χ0n) is 55.0. The first kappa shape index (κ1) is 56.5. The van der Waals surface area contributed by atoms with E-state index in [4.69, 9.17) is 4.42 Å². The maximum absolute atomic E-state index is 5.95. The summed E-state index contributed by atoms with van der Waals surface area (Å²) in [7, 11) is 2.12. The Morgan fingerprint density at radius 1 is 0.382 bits per heavy atom. The average molecular weight is 1340 g/mol. The van der Waals surface area contributed by atoms with Crippen LogP contribution in [0.15, 0.2) is 286 Å². The van der Waals surface area contributed by atoms with Gasteiger partial charge in [-0.2, -0.15) is 31.1 Å². The number of para-hydroxylation sites is 1. The number of nitrogens with zero attached hydrogens (tertiary/aromatic N) is 18. The van der Waals surface area contributed by atoms with Crippen molar-refractivity contribution in [3.63, 3.8) is 0 Å². The predicted octanol–water partition coefficient (Wildman–Crippen LogP) is 12.9. The summed E-state index contributed by atoms with van der Waals surface area (Å²) in [5.74, 6) is 4.43. The summed E-state index contributed by atoms with van der Waals surface area (Å²) in [5, 5.41) is 0. The van der Waals surface area contributed by atoms with Crippen molar-refractivity contribution >= 4 is 88.4 Å². The van der Waals surface area contributed by atoms with Crippen molar-refractivity contribution in [1.29, 1.82) is 0 Å². The normalized spacial score (nSPS) is 13.0. The highest BCUT2D eigenvalue weighted by molar-refractivity contribution is 7.23. The van der Waals surface area contributed by atoms with E-state index in [0.29, 0.717) is 0 Å². The number of thiazole rings is 1. The summed E-state index contributed by atoms with van der Waals surface area (Å²) < 4.78 is 36.8. The highest BCUT2D eigenvalue weighted by Gasteiger charge is 2.37. The van der Waals surface area contributed by atoms with Crippen molar-refractivity contribution in [1.82, 2.24) is 61.1 Å². The molecule has 15 aromatic heterocycles. The number of rotatable bonds is 1. The third-order valence-electron chi connectivity index (χ3n) is 21.0. The highest BCUT2D eigenvalue weighted by Crippen LogP contribution is 2.40. The van der Waals surface area contributed by atoms with Gasteiger partial charge >= 0.3 is 28.1 Å². The lowest BCUT2D eigenvalue weighted by molar-refractivity contribution is -0.621. The van der Waals surface area contributed by atoms with Crippen LogP contribution in [-0.4, -0.2) is 61.1 Å². The van der Waals surface area contributed by atoms with Gasteiger partial charge in [-0.1, -0.05) is 140 Å². The van der Waals surface area contributed by atoms with E-state index in [1.165, 1.54) is 128 Å². The van der Waals surface area contributed by atoms with Crippen LogP contribution >= 0.6 is 11.3 Å². The van der Waals surface area contributed by atoms with E-state index in [9.17, 15) is 0 Å². The molecule has 102 heavy (non-hydrogen) atoms. The number of hydrogen-bond donors (Lipinski definition) is 0. The number of oxazole rings is 1. The van der Waals surface area contributed by atoms with E-state index < -0.39 is 0 Å². The number of benzene rings is 6. The Balaban J connectivity index is 0.0000000809. The third kappa shape index (κ3) is 8.28. The van der Waals surface area contributed by atoms with Crippen LogP contribution in [0.2, 0.25) is 0 Å². The highest BCUT2D eigenvalue weighted by atomic mass is 32.1. The first-order chi connectivity index (χ1) is 50.5. The Bertz CT molecular complexity index is 6860. The number of imidazole rings is 8. The summed E-state index contributed by atoms with van der Waals surface area (Å²) in [6.07, 6.45) is 33.9. The lowest BCUT2D eigenvalue weighted by Gasteiger charge is -2.01. The van der Waals surface area contributed by atoms with Crippen LogP contribution < -0.4 is 22.2 Å². The van der Waals surface area contributed by atoms with Crippen LogP contribution in [0.3, 0.4) is 0 Å². The van der Waals surface area contributed by atoms with Crippen LogP contribution in [0.25, 0.3) is 139 Å². The Hall–Kier alpha value is -13.5. The molecule has 0 saturated heterocycles. The molecule has 0 fully saturated rings. The fourth-order valence-electron chi connectivity index (χ4n) is 16.4. The van der Waals surface area contributed by atoms with Crippen LogP contribution in [-0.2, 0) is 39.8 Å². The molecule has 0 saturated carbocycles. The molecule has 484 valence electrons. The van der Waals surface area contributed by atoms with Gasteiger partial charge in [0.2, 0.25) is 0 Å². The van der Waals surface area contributed by atoms with Gasteiger partial charge in [0, 0.05) is 69.8 Å².